The molecule has 3 aromatic rings. The van der Waals surface area contributed by atoms with Crippen LogP contribution in [-0.4, -0.2) is 21.0 Å². The Kier molecular flexibility index (Phi) is 5.92. The molecule has 0 unspecified atom stereocenters. The van der Waals surface area contributed by atoms with Gasteiger partial charge in [0.05, 0.1) is 20.8 Å². The highest BCUT2D eigenvalue weighted by molar-refractivity contribution is 7.18. The molecule has 1 aliphatic carbocycles. The highest BCUT2D eigenvalue weighted by atomic mass is 32.1. The second-order valence-corrected chi connectivity index (χ2v) is 10.6. The molecule has 7 heteroatoms. The lowest BCUT2D eigenvalue weighted by atomic mass is 9.77. The number of aryl methyl sites for hydroxylation is 1. The number of oxazole rings is 1. The summed E-state index contributed by atoms with van der Waals surface area (Å²) in [7, 11) is 0. The van der Waals surface area contributed by atoms with Gasteiger partial charge in [0, 0.05) is 24.1 Å². The summed E-state index contributed by atoms with van der Waals surface area (Å²) in [6, 6.07) is 3.83. The summed E-state index contributed by atoms with van der Waals surface area (Å²) in [6.07, 6.45) is 6.20. The molecule has 1 fully saturated rings. The number of aliphatic hydroxyl groups is 1. The van der Waals surface area contributed by atoms with E-state index in [0.717, 1.165) is 27.1 Å². The van der Waals surface area contributed by atoms with Gasteiger partial charge in [-0.1, -0.05) is 13.8 Å². The van der Waals surface area contributed by atoms with Crippen LogP contribution in [0.3, 0.4) is 0 Å². The van der Waals surface area contributed by atoms with Gasteiger partial charge < -0.3 is 14.8 Å². The third kappa shape index (κ3) is 4.67. The van der Waals surface area contributed by atoms with Gasteiger partial charge in [0.25, 0.3) is 5.91 Å². The molecule has 0 spiro atoms. The molecular weight excluding hydrogens is 410 g/mol. The van der Waals surface area contributed by atoms with Crippen molar-refractivity contribution in [3.63, 3.8) is 0 Å². The number of rotatable bonds is 5. The number of carbonyl (C=O) groups excluding carboxylic acids is 1. The third-order valence-corrected chi connectivity index (χ3v) is 7.55. The predicted octanol–water partition coefficient (Wildman–Crippen LogP) is 6.00. The Labute approximate surface area is 187 Å². The number of fused-ring (bicyclic) bond motifs is 1. The molecule has 0 bridgehead atoms. The van der Waals surface area contributed by atoms with Crippen LogP contribution in [0.15, 0.2) is 22.8 Å². The molecule has 2 heterocycles. The molecule has 0 saturated heterocycles. The Morgan fingerprint density at radius 3 is 2.52 bits per heavy atom. The summed E-state index contributed by atoms with van der Waals surface area (Å²) in [5.74, 6) is 2.12. The van der Waals surface area contributed by atoms with Gasteiger partial charge in [0.15, 0.2) is 11.6 Å². The van der Waals surface area contributed by atoms with Crippen molar-refractivity contribution in [2.24, 2.45) is 11.8 Å². The summed E-state index contributed by atoms with van der Waals surface area (Å²) in [5.41, 5.74) is 1.17. The minimum absolute atomic E-state index is 0.214. The van der Waals surface area contributed by atoms with Gasteiger partial charge in [-0.3, -0.25) is 4.79 Å². The SMILES string of the molecule is Cc1nc(C(=O)Nc2cc3sc(C4CCC(C(C)C)CC4)nc3cc2C(C)(C)O)co1. The standard InChI is InChI=1S/C24H31N3O3S/c1-13(2)15-6-8-16(9-7-15)23-27-19-10-17(24(4,5)29)18(11-21(19)31-23)26-22(28)20-12-30-14(3)25-20/h10-13,15-16,29H,6-9H2,1-5H3,(H,26,28). The first kappa shape index (κ1) is 22.0. The van der Waals surface area contributed by atoms with E-state index in [1.54, 1.807) is 32.1 Å². The average molecular weight is 442 g/mol. The van der Waals surface area contributed by atoms with Gasteiger partial charge >= 0.3 is 0 Å². The number of thiazole rings is 1. The van der Waals surface area contributed by atoms with Crippen LogP contribution in [0.2, 0.25) is 0 Å². The lowest BCUT2D eigenvalue weighted by molar-refractivity contribution is 0.0794. The number of hydrogen-bond acceptors (Lipinski definition) is 6. The third-order valence-electron chi connectivity index (χ3n) is 6.37. The van der Waals surface area contributed by atoms with Crippen LogP contribution >= 0.6 is 11.3 Å². The molecule has 0 atom stereocenters. The fourth-order valence-corrected chi connectivity index (χ4v) is 5.62. The maximum atomic E-state index is 12.7. The second-order valence-electron chi connectivity index (χ2n) is 9.54. The number of amides is 1. The molecule has 1 aliphatic rings. The van der Waals surface area contributed by atoms with Crippen molar-refractivity contribution in [3.8, 4) is 0 Å². The Balaban J connectivity index is 1.64. The van der Waals surface area contributed by atoms with E-state index in [4.69, 9.17) is 9.40 Å². The van der Waals surface area contributed by atoms with Crippen LogP contribution in [0.1, 0.15) is 86.2 Å². The van der Waals surface area contributed by atoms with Crippen LogP contribution in [0.25, 0.3) is 10.2 Å². The zero-order chi connectivity index (χ0) is 22.3. The Morgan fingerprint density at radius 2 is 1.94 bits per heavy atom. The zero-order valence-corrected chi connectivity index (χ0v) is 19.7. The summed E-state index contributed by atoms with van der Waals surface area (Å²) in [6.45, 7) is 9.75. The molecular formula is C24H31N3O3S. The van der Waals surface area contributed by atoms with Crippen molar-refractivity contribution in [2.45, 2.75) is 71.8 Å². The van der Waals surface area contributed by atoms with Gasteiger partial charge in [0.2, 0.25) is 0 Å². The molecule has 4 rings (SSSR count). The molecule has 31 heavy (non-hydrogen) atoms. The van der Waals surface area contributed by atoms with E-state index < -0.39 is 5.60 Å². The van der Waals surface area contributed by atoms with Crippen LogP contribution in [-0.2, 0) is 5.60 Å². The van der Waals surface area contributed by atoms with Crippen molar-refractivity contribution >= 4 is 33.1 Å². The van der Waals surface area contributed by atoms with Crippen molar-refractivity contribution < 1.29 is 14.3 Å². The molecule has 0 aliphatic heterocycles. The quantitative estimate of drug-likeness (QED) is 0.507. The summed E-state index contributed by atoms with van der Waals surface area (Å²) >= 11 is 1.70. The predicted molar refractivity (Wildman–Crippen MR) is 124 cm³/mol. The molecule has 6 nitrogen and oxygen atoms in total. The molecule has 1 saturated carbocycles. The monoisotopic (exact) mass is 441 g/mol. The summed E-state index contributed by atoms with van der Waals surface area (Å²) in [4.78, 5) is 21.7. The van der Waals surface area contributed by atoms with Crippen LogP contribution in [0.5, 0.6) is 0 Å². The van der Waals surface area contributed by atoms with Crippen LogP contribution in [0, 0.1) is 18.8 Å². The number of aromatic nitrogens is 2. The first-order valence-corrected chi connectivity index (χ1v) is 11.8. The highest BCUT2D eigenvalue weighted by Gasteiger charge is 2.28. The largest absolute Gasteiger partial charge is 0.448 e. The lowest BCUT2D eigenvalue weighted by Crippen LogP contribution is -2.21. The smallest absolute Gasteiger partial charge is 0.277 e. The molecule has 0 radical (unpaired) electrons. The number of nitrogens with zero attached hydrogens (tertiary/aromatic N) is 2. The first-order chi connectivity index (χ1) is 14.6. The minimum atomic E-state index is -1.13. The molecule has 2 N–H and O–H groups in total. The van der Waals surface area contributed by atoms with Gasteiger partial charge in [-0.2, -0.15) is 0 Å². The van der Waals surface area contributed by atoms with Gasteiger partial charge in [-0.05, 0) is 63.5 Å². The summed E-state index contributed by atoms with van der Waals surface area (Å²) in [5, 5.41) is 14.8. The van der Waals surface area contributed by atoms with E-state index in [-0.39, 0.29) is 11.6 Å². The first-order valence-electron chi connectivity index (χ1n) is 11.0. The van der Waals surface area contributed by atoms with Crippen molar-refractivity contribution in [1.29, 1.82) is 0 Å². The maximum absolute atomic E-state index is 12.7. The minimum Gasteiger partial charge on any atom is -0.448 e. The molecule has 1 amide bonds. The van der Waals surface area contributed by atoms with Crippen molar-refractivity contribution in [1.82, 2.24) is 9.97 Å². The fraction of sp³-hybridized carbons (Fsp3) is 0.542. The van der Waals surface area contributed by atoms with E-state index >= 15 is 0 Å². The Hall–Kier alpha value is -2.25. The van der Waals surface area contributed by atoms with Crippen molar-refractivity contribution in [2.75, 3.05) is 5.32 Å². The number of nitrogens with one attached hydrogen (secondary N) is 1. The fourth-order valence-electron chi connectivity index (χ4n) is 4.46. The number of carbonyl (C=O) groups is 1. The van der Waals surface area contributed by atoms with E-state index in [0.29, 0.717) is 23.1 Å². The van der Waals surface area contributed by atoms with Gasteiger partial charge in [-0.15, -0.1) is 11.3 Å². The average Bonchev–Trinajstić information content (AvgIpc) is 3.32. The van der Waals surface area contributed by atoms with E-state index in [9.17, 15) is 9.90 Å². The summed E-state index contributed by atoms with van der Waals surface area (Å²) < 4.78 is 6.17. The molecule has 2 aromatic heterocycles. The van der Waals surface area contributed by atoms with Crippen LogP contribution < -0.4 is 5.32 Å². The Morgan fingerprint density at radius 1 is 1.23 bits per heavy atom. The topological polar surface area (TPSA) is 88.2 Å². The van der Waals surface area contributed by atoms with E-state index in [2.05, 4.69) is 24.1 Å². The molecule has 1 aromatic carbocycles. The van der Waals surface area contributed by atoms with Crippen molar-refractivity contribution in [3.05, 3.63) is 40.6 Å². The lowest BCUT2D eigenvalue weighted by Gasteiger charge is -2.29. The van der Waals surface area contributed by atoms with Crippen LogP contribution in [0.4, 0.5) is 5.69 Å². The van der Waals surface area contributed by atoms with Gasteiger partial charge in [0.1, 0.15) is 6.26 Å². The van der Waals surface area contributed by atoms with E-state index in [1.165, 1.54) is 31.9 Å². The van der Waals surface area contributed by atoms with E-state index in [1.807, 2.05) is 12.1 Å². The number of hydrogen-bond donors (Lipinski definition) is 2. The molecule has 166 valence electrons. The van der Waals surface area contributed by atoms with Gasteiger partial charge in [-0.25, -0.2) is 9.97 Å². The second kappa shape index (κ2) is 8.36. The number of benzene rings is 1. The Bertz CT molecular complexity index is 1090. The highest BCUT2D eigenvalue weighted by Crippen LogP contribution is 2.42. The number of anilines is 1. The maximum Gasteiger partial charge on any atom is 0.277 e. The zero-order valence-electron chi connectivity index (χ0n) is 18.9. The normalized spacial score (nSPS) is 19.8.